The third kappa shape index (κ3) is 9.21. The van der Waals surface area contributed by atoms with Crippen LogP contribution < -0.4 is 20.3 Å². The fourth-order valence-electron chi connectivity index (χ4n) is 5.71. The van der Waals surface area contributed by atoms with E-state index in [-0.39, 0.29) is 29.8 Å². The fraction of sp³-hybridized carbons (Fsp3) is 0.594. The van der Waals surface area contributed by atoms with Crippen molar-refractivity contribution in [1.29, 1.82) is 0 Å². The first kappa shape index (κ1) is 34.6. The van der Waals surface area contributed by atoms with Crippen LogP contribution in [-0.2, 0) is 14.3 Å². The van der Waals surface area contributed by atoms with Crippen LogP contribution in [0.2, 0.25) is 0 Å². The number of benzene rings is 1. The van der Waals surface area contributed by atoms with Crippen LogP contribution in [0.5, 0.6) is 5.88 Å². The predicted octanol–water partition coefficient (Wildman–Crippen LogP) is 5.04. The lowest BCUT2D eigenvalue weighted by molar-refractivity contribution is -0.124. The molecule has 1 atom stereocenters. The van der Waals surface area contributed by atoms with E-state index in [0.29, 0.717) is 82.0 Å². The van der Waals surface area contributed by atoms with Crippen molar-refractivity contribution in [2.75, 3.05) is 49.8 Å². The first-order valence-electron chi connectivity index (χ1n) is 16.2. The molecule has 256 valence electrons. The summed E-state index contributed by atoms with van der Waals surface area (Å²) in [6.45, 7) is 4.45. The molecule has 2 fully saturated rings. The van der Waals surface area contributed by atoms with Crippen molar-refractivity contribution < 1.29 is 32.6 Å². The Kier molecular flexibility index (Phi) is 12.4. The van der Waals surface area contributed by atoms with Gasteiger partial charge < -0.3 is 29.7 Å². The Hall–Kier alpha value is -3.72. The maximum Gasteiger partial charge on any atom is 0.407 e. The molecular weight excluding hydrogens is 632 g/mol. The molecule has 2 aliphatic rings. The van der Waals surface area contributed by atoms with Gasteiger partial charge in [-0.25, -0.2) is 18.6 Å². The topological polar surface area (TPSA) is 133 Å². The summed E-state index contributed by atoms with van der Waals surface area (Å²) >= 11 is 1.61. The average Bonchev–Trinajstić information content (AvgIpc) is 3.48. The van der Waals surface area contributed by atoms with Crippen molar-refractivity contribution in [2.45, 2.75) is 76.5 Å². The Morgan fingerprint density at radius 2 is 1.87 bits per heavy atom. The van der Waals surface area contributed by atoms with Gasteiger partial charge in [-0.3, -0.25) is 9.36 Å². The number of fused-ring (bicyclic) bond motifs is 1. The van der Waals surface area contributed by atoms with Crippen molar-refractivity contribution in [3.63, 3.8) is 0 Å². The molecule has 15 heteroatoms. The van der Waals surface area contributed by atoms with Gasteiger partial charge in [-0.1, -0.05) is 25.5 Å². The molecule has 3 aromatic rings. The van der Waals surface area contributed by atoms with Gasteiger partial charge in [0.05, 0.1) is 30.9 Å². The van der Waals surface area contributed by atoms with E-state index in [4.69, 9.17) is 19.2 Å². The molecule has 2 aromatic heterocycles. The molecule has 2 N–H and O–H groups in total. The number of nitrogens with one attached hydrogen (secondary N) is 2. The van der Waals surface area contributed by atoms with Crippen LogP contribution in [0.15, 0.2) is 30.3 Å². The van der Waals surface area contributed by atoms with Gasteiger partial charge in [0.2, 0.25) is 17.7 Å². The number of anilines is 1. The van der Waals surface area contributed by atoms with E-state index in [2.05, 4.69) is 20.6 Å². The van der Waals surface area contributed by atoms with Gasteiger partial charge in [0.1, 0.15) is 18.0 Å². The summed E-state index contributed by atoms with van der Waals surface area (Å²) in [5.74, 6) is 0.989. The highest BCUT2D eigenvalue weighted by molar-refractivity contribution is 7.98. The number of carbonyl (C=O) groups excluding carboxylic acids is 2. The van der Waals surface area contributed by atoms with Gasteiger partial charge in [-0.15, -0.1) is 0 Å². The summed E-state index contributed by atoms with van der Waals surface area (Å²) in [6.07, 6.45) is 3.16. The Balaban J connectivity index is 1.27. The Morgan fingerprint density at radius 3 is 2.60 bits per heavy atom. The maximum atomic E-state index is 14.2. The van der Waals surface area contributed by atoms with Crippen LogP contribution in [0.25, 0.3) is 16.9 Å². The van der Waals surface area contributed by atoms with Gasteiger partial charge in [-0.2, -0.15) is 21.7 Å². The molecule has 0 bridgehead atoms. The summed E-state index contributed by atoms with van der Waals surface area (Å²) in [7, 11) is 0. The van der Waals surface area contributed by atoms with E-state index in [9.17, 15) is 18.4 Å². The molecule has 12 nitrogen and oxygen atoms in total. The highest BCUT2D eigenvalue weighted by Crippen LogP contribution is 2.31. The quantitative estimate of drug-likeness (QED) is 0.224. The molecule has 1 saturated carbocycles. The van der Waals surface area contributed by atoms with Crippen molar-refractivity contribution in [3.05, 3.63) is 36.2 Å². The largest absolute Gasteiger partial charge is 0.474 e. The highest BCUT2D eigenvalue weighted by atomic mass is 32.2. The first-order valence-corrected chi connectivity index (χ1v) is 17.6. The number of alkyl carbamates (subject to hydrolysis) is 1. The van der Waals surface area contributed by atoms with Gasteiger partial charge in [-0.05, 0) is 62.7 Å². The van der Waals surface area contributed by atoms with E-state index >= 15 is 0 Å². The number of ether oxygens (including phenoxy) is 3. The van der Waals surface area contributed by atoms with Crippen LogP contribution >= 0.6 is 11.8 Å². The molecule has 2 amide bonds. The molecule has 1 aliphatic heterocycles. The lowest BCUT2D eigenvalue weighted by Gasteiger charge is -2.31. The third-order valence-electron chi connectivity index (χ3n) is 8.24. The zero-order chi connectivity index (χ0) is 33.2. The molecule has 1 aliphatic carbocycles. The molecule has 1 saturated heterocycles. The number of rotatable bonds is 14. The summed E-state index contributed by atoms with van der Waals surface area (Å²) in [5.41, 5.74) is 0.951. The van der Waals surface area contributed by atoms with Gasteiger partial charge in [0, 0.05) is 25.2 Å². The lowest BCUT2D eigenvalue weighted by Crippen LogP contribution is -2.51. The molecule has 0 unspecified atom stereocenters. The van der Waals surface area contributed by atoms with Crippen LogP contribution in [0.4, 0.5) is 19.5 Å². The summed E-state index contributed by atoms with van der Waals surface area (Å²) in [5, 5.41) is 5.82. The minimum absolute atomic E-state index is 0.0761. The van der Waals surface area contributed by atoms with Crippen molar-refractivity contribution in [3.8, 4) is 11.7 Å². The Labute approximate surface area is 277 Å². The molecule has 3 heterocycles. The van der Waals surface area contributed by atoms with Crippen LogP contribution in [-0.4, -0.2) is 94.6 Å². The number of alkyl halides is 2. The van der Waals surface area contributed by atoms with E-state index in [1.165, 1.54) is 4.57 Å². The number of hydrogen-bond acceptors (Lipinski definition) is 10. The normalized spacial score (nSPS) is 19.0. The highest BCUT2D eigenvalue weighted by Gasteiger charge is 2.29. The summed E-state index contributed by atoms with van der Waals surface area (Å²) in [4.78, 5) is 40.9. The van der Waals surface area contributed by atoms with Crippen LogP contribution in [0, 0.1) is 0 Å². The fourth-order valence-corrected chi connectivity index (χ4v) is 6.18. The number of para-hydroxylation sites is 2. The number of nitrogens with zero attached hydrogens (tertiary/aromatic N) is 5. The SMILES string of the molecule is CCCCOC(=O)N[C@@H](CCSC)C(=O)N[C@H]1CC[C@H](Oc2cc(-n3c(C(F)F)nc4ccccc43)nc(N3CCOCC3)n2)CC1. The molecule has 0 radical (unpaired) electrons. The summed E-state index contributed by atoms with van der Waals surface area (Å²) in [6, 6.07) is 7.78. The van der Waals surface area contributed by atoms with E-state index in [0.717, 1.165) is 18.6 Å². The van der Waals surface area contributed by atoms with Crippen LogP contribution in [0.3, 0.4) is 0 Å². The van der Waals surface area contributed by atoms with Crippen molar-refractivity contribution in [1.82, 2.24) is 30.2 Å². The number of carbonyl (C=O) groups is 2. The minimum Gasteiger partial charge on any atom is -0.474 e. The monoisotopic (exact) mass is 675 g/mol. The van der Waals surface area contributed by atoms with Crippen LogP contribution in [0.1, 0.15) is 64.1 Å². The Morgan fingerprint density at radius 1 is 1.11 bits per heavy atom. The number of aromatic nitrogens is 4. The standard InChI is InChI=1S/C32H43F2N7O5S/c1-3-4-16-45-32(43)37-24(13-19-47-2)30(42)35-21-9-11-22(12-10-21)46-27-20-26(38-31(39-27)40-14-17-44-18-15-40)41-25-8-6-5-7-23(25)36-29(41)28(33)34/h5-8,20-22,24,28H,3-4,9-19H2,1-2H3,(H,35,42)(H,37,43)/t21-,22-,24-/m0/s1. The number of hydrogen-bond donors (Lipinski definition) is 2. The maximum absolute atomic E-state index is 14.2. The number of thioether (sulfide) groups is 1. The average molecular weight is 676 g/mol. The minimum atomic E-state index is -2.82. The number of halogens is 2. The lowest BCUT2D eigenvalue weighted by atomic mass is 9.92. The van der Waals surface area contributed by atoms with E-state index < -0.39 is 24.4 Å². The second-order valence-corrected chi connectivity index (χ2v) is 12.6. The number of morpholine rings is 1. The third-order valence-corrected chi connectivity index (χ3v) is 8.88. The second-order valence-electron chi connectivity index (χ2n) is 11.6. The number of amides is 2. The predicted molar refractivity (Wildman–Crippen MR) is 176 cm³/mol. The smallest absolute Gasteiger partial charge is 0.407 e. The van der Waals surface area contributed by atoms with E-state index in [1.807, 2.05) is 18.1 Å². The zero-order valence-corrected chi connectivity index (χ0v) is 27.6. The zero-order valence-electron chi connectivity index (χ0n) is 26.8. The molecular formula is C32H43F2N7O5S. The van der Waals surface area contributed by atoms with Crippen molar-refractivity contribution in [2.24, 2.45) is 0 Å². The van der Waals surface area contributed by atoms with Gasteiger partial charge >= 0.3 is 6.09 Å². The van der Waals surface area contributed by atoms with Crippen molar-refractivity contribution >= 4 is 40.7 Å². The summed E-state index contributed by atoms with van der Waals surface area (Å²) < 4.78 is 46.8. The number of imidazole rings is 1. The molecule has 5 rings (SSSR count). The molecule has 47 heavy (non-hydrogen) atoms. The number of unbranched alkanes of at least 4 members (excludes halogenated alkanes) is 1. The Bertz CT molecular complexity index is 1480. The van der Waals surface area contributed by atoms with Gasteiger partial charge in [0.15, 0.2) is 5.82 Å². The molecule has 0 spiro atoms. The van der Waals surface area contributed by atoms with Gasteiger partial charge in [0.25, 0.3) is 6.43 Å². The molecule has 1 aromatic carbocycles. The van der Waals surface area contributed by atoms with E-state index in [1.54, 1.807) is 42.1 Å². The first-order chi connectivity index (χ1) is 22.9. The second kappa shape index (κ2) is 16.9.